The molecule has 0 aliphatic rings. The van der Waals surface area contributed by atoms with E-state index in [0.29, 0.717) is 5.56 Å². The van der Waals surface area contributed by atoms with Crippen molar-refractivity contribution in [3.05, 3.63) is 29.8 Å². The van der Waals surface area contributed by atoms with Crippen LogP contribution in [0.5, 0.6) is 0 Å². The van der Waals surface area contributed by atoms with Crippen molar-refractivity contribution < 1.29 is 20.1 Å². The Balaban J connectivity index is 2.85. The standard InChI is InChI=1S/C13H19NO4/c1-3-14(4-2)10-7-5-9(6-8-10)11(15)12(16)13(17)18/h5-8,11-12,15-16H,3-4H2,1-2H3,(H,17,18). The van der Waals surface area contributed by atoms with E-state index in [4.69, 9.17) is 5.11 Å². The summed E-state index contributed by atoms with van der Waals surface area (Å²) in [5.74, 6) is -1.43. The third kappa shape index (κ3) is 3.21. The van der Waals surface area contributed by atoms with Gasteiger partial charge in [-0.15, -0.1) is 0 Å². The first-order chi connectivity index (χ1) is 8.51. The van der Waals surface area contributed by atoms with Gasteiger partial charge >= 0.3 is 5.97 Å². The lowest BCUT2D eigenvalue weighted by Crippen LogP contribution is -2.27. The Morgan fingerprint density at radius 3 is 2.06 bits per heavy atom. The Labute approximate surface area is 106 Å². The largest absolute Gasteiger partial charge is 0.479 e. The lowest BCUT2D eigenvalue weighted by atomic mass is 10.0. The fraction of sp³-hybridized carbons (Fsp3) is 0.462. The number of aliphatic hydroxyl groups excluding tert-OH is 2. The molecule has 0 saturated carbocycles. The molecule has 0 bridgehead atoms. The molecule has 18 heavy (non-hydrogen) atoms. The number of carbonyl (C=O) groups is 1. The third-order valence-electron chi connectivity index (χ3n) is 2.92. The molecule has 0 radical (unpaired) electrons. The van der Waals surface area contributed by atoms with E-state index in [0.717, 1.165) is 18.8 Å². The van der Waals surface area contributed by atoms with Crippen LogP contribution in [-0.4, -0.2) is 40.5 Å². The van der Waals surface area contributed by atoms with Crippen LogP contribution in [0.3, 0.4) is 0 Å². The second-order valence-corrected chi connectivity index (χ2v) is 3.99. The van der Waals surface area contributed by atoms with Gasteiger partial charge in [-0.25, -0.2) is 4.79 Å². The number of carboxylic acid groups (broad SMARTS) is 1. The maximum atomic E-state index is 10.6. The monoisotopic (exact) mass is 253 g/mol. The molecule has 5 nitrogen and oxygen atoms in total. The lowest BCUT2D eigenvalue weighted by molar-refractivity contribution is -0.153. The molecule has 1 rings (SSSR count). The molecule has 3 N–H and O–H groups in total. The SMILES string of the molecule is CCN(CC)c1ccc(C(O)C(O)C(=O)O)cc1. The summed E-state index contributed by atoms with van der Waals surface area (Å²) < 4.78 is 0. The molecule has 0 amide bonds. The minimum Gasteiger partial charge on any atom is -0.479 e. The third-order valence-corrected chi connectivity index (χ3v) is 2.92. The van der Waals surface area contributed by atoms with Crippen molar-refractivity contribution >= 4 is 11.7 Å². The molecule has 0 fully saturated rings. The molecule has 1 aromatic carbocycles. The molecule has 0 aliphatic carbocycles. The van der Waals surface area contributed by atoms with Crippen molar-refractivity contribution in [3.63, 3.8) is 0 Å². The highest BCUT2D eigenvalue weighted by Gasteiger charge is 2.24. The Morgan fingerprint density at radius 1 is 1.17 bits per heavy atom. The number of rotatable bonds is 6. The summed E-state index contributed by atoms with van der Waals surface area (Å²) in [5, 5.41) is 27.5. The molecule has 100 valence electrons. The van der Waals surface area contributed by atoms with Crippen molar-refractivity contribution in [2.45, 2.75) is 26.1 Å². The summed E-state index contributed by atoms with van der Waals surface area (Å²) >= 11 is 0. The van der Waals surface area contributed by atoms with Gasteiger partial charge in [0.25, 0.3) is 0 Å². The number of anilines is 1. The topological polar surface area (TPSA) is 81.0 Å². The van der Waals surface area contributed by atoms with Gasteiger partial charge in [0.1, 0.15) is 6.10 Å². The smallest absolute Gasteiger partial charge is 0.335 e. The van der Waals surface area contributed by atoms with Gasteiger partial charge in [-0.1, -0.05) is 12.1 Å². The molecule has 0 heterocycles. The van der Waals surface area contributed by atoms with E-state index >= 15 is 0 Å². The predicted molar refractivity (Wildman–Crippen MR) is 68.6 cm³/mol. The number of carboxylic acids is 1. The van der Waals surface area contributed by atoms with Crippen LogP contribution in [0.4, 0.5) is 5.69 Å². The minimum absolute atomic E-state index is 0.390. The van der Waals surface area contributed by atoms with Gasteiger partial charge in [0.15, 0.2) is 6.10 Å². The minimum atomic E-state index is -1.80. The van der Waals surface area contributed by atoms with Gasteiger partial charge in [-0.2, -0.15) is 0 Å². The van der Waals surface area contributed by atoms with Crippen molar-refractivity contribution in [1.82, 2.24) is 0 Å². The Morgan fingerprint density at radius 2 is 1.67 bits per heavy atom. The Bertz CT molecular complexity index is 386. The van der Waals surface area contributed by atoms with E-state index in [9.17, 15) is 15.0 Å². The highest BCUT2D eigenvalue weighted by atomic mass is 16.4. The van der Waals surface area contributed by atoms with E-state index in [2.05, 4.69) is 4.90 Å². The molecular formula is C13H19NO4. The molecule has 0 aliphatic heterocycles. The van der Waals surface area contributed by atoms with Crippen molar-refractivity contribution in [1.29, 1.82) is 0 Å². The van der Waals surface area contributed by atoms with Crippen molar-refractivity contribution in [2.24, 2.45) is 0 Å². The average Bonchev–Trinajstić information content (AvgIpc) is 2.39. The molecule has 2 atom stereocenters. The predicted octanol–water partition coefficient (Wildman–Crippen LogP) is 1.01. The molecule has 5 heteroatoms. The Kier molecular flexibility index (Phi) is 5.12. The first-order valence-corrected chi connectivity index (χ1v) is 5.95. The van der Waals surface area contributed by atoms with E-state index < -0.39 is 18.2 Å². The van der Waals surface area contributed by atoms with Crippen LogP contribution >= 0.6 is 0 Å². The van der Waals surface area contributed by atoms with Crippen LogP contribution in [0.15, 0.2) is 24.3 Å². The van der Waals surface area contributed by atoms with Crippen LogP contribution < -0.4 is 4.90 Å². The van der Waals surface area contributed by atoms with Crippen LogP contribution in [0.1, 0.15) is 25.5 Å². The number of hydrogen-bond acceptors (Lipinski definition) is 4. The van der Waals surface area contributed by atoms with Crippen molar-refractivity contribution in [3.8, 4) is 0 Å². The molecule has 0 saturated heterocycles. The van der Waals surface area contributed by atoms with Gasteiger partial charge in [0.2, 0.25) is 0 Å². The quantitative estimate of drug-likeness (QED) is 0.705. The lowest BCUT2D eigenvalue weighted by Gasteiger charge is -2.22. The van der Waals surface area contributed by atoms with Crippen LogP contribution in [0, 0.1) is 0 Å². The van der Waals surface area contributed by atoms with E-state index in [1.807, 2.05) is 13.8 Å². The summed E-state index contributed by atoms with van der Waals surface area (Å²) in [4.78, 5) is 12.7. The number of aliphatic carboxylic acids is 1. The molecule has 2 unspecified atom stereocenters. The van der Waals surface area contributed by atoms with Gasteiger partial charge in [0.05, 0.1) is 0 Å². The van der Waals surface area contributed by atoms with Crippen molar-refractivity contribution in [2.75, 3.05) is 18.0 Å². The van der Waals surface area contributed by atoms with Gasteiger partial charge in [-0.3, -0.25) is 0 Å². The maximum Gasteiger partial charge on any atom is 0.335 e. The second-order valence-electron chi connectivity index (χ2n) is 3.99. The normalized spacial score (nSPS) is 14.0. The fourth-order valence-electron chi connectivity index (χ4n) is 1.79. The van der Waals surface area contributed by atoms with E-state index in [1.54, 1.807) is 24.3 Å². The number of nitrogens with zero attached hydrogens (tertiary/aromatic N) is 1. The summed E-state index contributed by atoms with van der Waals surface area (Å²) in [6.45, 7) is 5.83. The number of hydrogen-bond donors (Lipinski definition) is 3. The van der Waals surface area contributed by atoms with Gasteiger partial charge in [0, 0.05) is 18.8 Å². The molecular weight excluding hydrogens is 234 g/mol. The molecule has 0 spiro atoms. The van der Waals surface area contributed by atoms with Crippen LogP contribution in [0.25, 0.3) is 0 Å². The van der Waals surface area contributed by atoms with Gasteiger partial charge < -0.3 is 20.2 Å². The average molecular weight is 253 g/mol. The van der Waals surface area contributed by atoms with Crippen LogP contribution in [-0.2, 0) is 4.79 Å². The first-order valence-electron chi connectivity index (χ1n) is 5.95. The fourth-order valence-corrected chi connectivity index (χ4v) is 1.79. The molecule has 1 aromatic rings. The Hall–Kier alpha value is -1.59. The summed E-state index contributed by atoms with van der Waals surface area (Å²) in [6.07, 6.45) is -3.21. The summed E-state index contributed by atoms with van der Waals surface area (Å²) in [5.41, 5.74) is 1.39. The van der Waals surface area contributed by atoms with E-state index in [1.165, 1.54) is 0 Å². The maximum absolute atomic E-state index is 10.6. The zero-order chi connectivity index (χ0) is 13.7. The highest BCUT2D eigenvalue weighted by Crippen LogP contribution is 2.21. The zero-order valence-electron chi connectivity index (χ0n) is 10.6. The summed E-state index contributed by atoms with van der Waals surface area (Å²) in [7, 11) is 0. The van der Waals surface area contributed by atoms with Gasteiger partial charge in [-0.05, 0) is 31.5 Å². The second kappa shape index (κ2) is 6.37. The number of aliphatic hydroxyl groups is 2. The first kappa shape index (κ1) is 14.5. The van der Waals surface area contributed by atoms with E-state index in [-0.39, 0.29) is 0 Å². The molecule has 0 aromatic heterocycles. The zero-order valence-corrected chi connectivity index (χ0v) is 10.6. The van der Waals surface area contributed by atoms with Crippen LogP contribution in [0.2, 0.25) is 0 Å². The number of benzene rings is 1. The summed E-state index contributed by atoms with van der Waals surface area (Å²) in [6, 6.07) is 6.87. The highest BCUT2D eigenvalue weighted by molar-refractivity contribution is 5.73.